The molecule has 1 aliphatic rings. The fraction of sp³-hybridized carbons (Fsp3) is 0.111. The molecule has 1 aliphatic heterocycles. The van der Waals surface area contributed by atoms with Crippen molar-refractivity contribution in [2.45, 2.75) is 13.8 Å². The van der Waals surface area contributed by atoms with Crippen molar-refractivity contribution in [2.75, 3.05) is 4.90 Å². The Morgan fingerprint density at radius 3 is 2.29 bits per heavy atom. The Bertz CT molecular complexity index is 883. The maximum absolute atomic E-state index is 12.6. The molecule has 0 fully saturated rings. The molecule has 0 bridgehead atoms. The molecule has 120 valence electrons. The lowest BCUT2D eigenvalue weighted by molar-refractivity contribution is -0.131. The predicted octanol–water partition coefficient (Wildman–Crippen LogP) is 2.29. The first kappa shape index (κ1) is 15.6. The molecule has 0 saturated heterocycles. The zero-order chi connectivity index (χ0) is 17.4. The zero-order valence-corrected chi connectivity index (χ0v) is 13.0. The van der Waals surface area contributed by atoms with Crippen LogP contribution in [0.5, 0.6) is 5.75 Å². The minimum absolute atomic E-state index is 0.209. The van der Waals surface area contributed by atoms with Gasteiger partial charge in [0.1, 0.15) is 5.75 Å². The van der Waals surface area contributed by atoms with Gasteiger partial charge in [0.25, 0.3) is 11.7 Å². The summed E-state index contributed by atoms with van der Waals surface area (Å²) in [7, 11) is 0. The number of rotatable bonds is 2. The Morgan fingerprint density at radius 2 is 1.67 bits per heavy atom. The lowest BCUT2D eigenvalue weighted by atomic mass is 10.1. The normalized spacial score (nSPS) is 13.0. The number of hydrogen-bond acceptors (Lipinski definition) is 5. The fourth-order valence-electron chi connectivity index (χ4n) is 2.52. The average Bonchev–Trinajstić information content (AvgIpc) is 2.78. The number of benzene rings is 2. The molecule has 24 heavy (non-hydrogen) atoms. The first-order chi connectivity index (χ1) is 11.4. The van der Waals surface area contributed by atoms with Crippen LogP contribution in [0, 0.1) is 6.92 Å². The van der Waals surface area contributed by atoms with Crippen LogP contribution in [-0.2, 0) is 9.59 Å². The standard InChI is InChI=1S/C18H13NO5/c1-10-3-8-15-14(9-10)16(21)18(23)19(15)17(22)12-4-6-13(7-5-12)24-11(2)20/h3-9H,1-2H3. The maximum atomic E-state index is 12.6. The topological polar surface area (TPSA) is 80.8 Å². The van der Waals surface area contributed by atoms with E-state index in [-0.39, 0.29) is 16.8 Å². The van der Waals surface area contributed by atoms with Crippen LogP contribution < -0.4 is 9.64 Å². The Kier molecular flexibility index (Phi) is 3.73. The number of carbonyl (C=O) groups is 4. The molecular weight excluding hydrogens is 310 g/mol. The van der Waals surface area contributed by atoms with Crippen LogP contribution in [0.15, 0.2) is 42.5 Å². The van der Waals surface area contributed by atoms with E-state index in [1.165, 1.54) is 31.2 Å². The second-order valence-corrected chi connectivity index (χ2v) is 5.41. The third-order valence-corrected chi connectivity index (χ3v) is 3.60. The molecule has 0 radical (unpaired) electrons. The van der Waals surface area contributed by atoms with Gasteiger partial charge in [0.15, 0.2) is 0 Å². The van der Waals surface area contributed by atoms with Crippen molar-refractivity contribution in [1.29, 1.82) is 0 Å². The van der Waals surface area contributed by atoms with Gasteiger partial charge in [-0.2, -0.15) is 0 Å². The third-order valence-electron chi connectivity index (χ3n) is 3.60. The highest BCUT2D eigenvalue weighted by atomic mass is 16.5. The van der Waals surface area contributed by atoms with E-state index in [0.717, 1.165) is 10.5 Å². The van der Waals surface area contributed by atoms with Gasteiger partial charge in [-0.05, 0) is 43.3 Å². The molecule has 0 N–H and O–H groups in total. The molecule has 0 spiro atoms. The minimum atomic E-state index is -0.871. The Balaban J connectivity index is 1.95. The van der Waals surface area contributed by atoms with Gasteiger partial charge < -0.3 is 4.74 Å². The molecule has 3 rings (SSSR count). The monoisotopic (exact) mass is 323 g/mol. The van der Waals surface area contributed by atoms with Crippen LogP contribution in [0.1, 0.15) is 33.2 Å². The largest absolute Gasteiger partial charge is 0.427 e. The Hall–Kier alpha value is -3.28. The van der Waals surface area contributed by atoms with E-state index < -0.39 is 23.6 Å². The van der Waals surface area contributed by atoms with E-state index in [1.807, 2.05) is 0 Å². The van der Waals surface area contributed by atoms with Crippen LogP contribution in [0.4, 0.5) is 5.69 Å². The number of ketones is 1. The second kappa shape index (κ2) is 5.73. The highest BCUT2D eigenvalue weighted by Crippen LogP contribution is 2.31. The van der Waals surface area contributed by atoms with Crippen LogP contribution in [-0.4, -0.2) is 23.6 Å². The Labute approximate surface area is 137 Å². The van der Waals surface area contributed by atoms with E-state index in [0.29, 0.717) is 5.75 Å². The third kappa shape index (κ3) is 2.58. The van der Waals surface area contributed by atoms with E-state index in [1.54, 1.807) is 25.1 Å². The van der Waals surface area contributed by atoms with E-state index in [2.05, 4.69) is 0 Å². The van der Waals surface area contributed by atoms with Crippen LogP contribution in [0.3, 0.4) is 0 Å². The number of esters is 1. The van der Waals surface area contributed by atoms with Crippen molar-refractivity contribution in [3.63, 3.8) is 0 Å². The number of ether oxygens (including phenoxy) is 1. The van der Waals surface area contributed by atoms with Crippen LogP contribution >= 0.6 is 0 Å². The van der Waals surface area contributed by atoms with Crippen molar-refractivity contribution >= 4 is 29.3 Å². The molecule has 6 nitrogen and oxygen atoms in total. The Morgan fingerprint density at radius 1 is 1.00 bits per heavy atom. The number of fused-ring (bicyclic) bond motifs is 1. The van der Waals surface area contributed by atoms with Crippen molar-refractivity contribution < 1.29 is 23.9 Å². The van der Waals surface area contributed by atoms with Gasteiger partial charge in [0.2, 0.25) is 0 Å². The van der Waals surface area contributed by atoms with Crippen molar-refractivity contribution in [3.8, 4) is 5.75 Å². The van der Waals surface area contributed by atoms with Crippen molar-refractivity contribution in [2.24, 2.45) is 0 Å². The van der Waals surface area contributed by atoms with Gasteiger partial charge in [-0.25, -0.2) is 4.90 Å². The summed E-state index contributed by atoms with van der Waals surface area (Å²) in [6.45, 7) is 3.07. The highest BCUT2D eigenvalue weighted by molar-refractivity contribution is 6.57. The molecule has 0 unspecified atom stereocenters. The smallest absolute Gasteiger partial charge is 0.308 e. The molecule has 2 aromatic rings. The summed E-state index contributed by atoms with van der Waals surface area (Å²) in [6.07, 6.45) is 0. The summed E-state index contributed by atoms with van der Waals surface area (Å²) in [5.74, 6) is -2.36. The number of hydrogen-bond donors (Lipinski definition) is 0. The van der Waals surface area contributed by atoms with Crippen molar-refractivity contribution in [3.05, 3.63) is 59.2 Å². The number of nitrogens with zero attached hydrogens (tertiary/aromatic N) is 1. The highest BCUT2D eigenvalue weighted by Gasteiger charge is 2.40. The van der Waals surface area contributed by atoms with Crippen LogP contribution in [0.25, 0.3) is 0 Å². The summed E-state index contributed by atoms with van der Waals surface area (Å²) < 4.78 is 4.90. The average molecular weight is 323 g/mol. The minimum Gasteiger partial charge on any atom is -0.427 e. The predicted molar refractivity (Wildman–Crippen MR) is 85.1 cm³/mol. The molecule has 6 heteroatoms. The number of carbonyl (C=O) groups excluding carboxylic acids is 4. The number of amides is 2. The first-order valence-electron chi connectivity index (χ1n) is 7.20. The lowest BCUT2D eigenvalue weighted by Gasteiger charge is -2.15. The lowest BCUT2D eigenvalue weighted by Crippen LogP contribution is -2.35. The molecular formula is C18H13NO5. The SMILES string of the molecule is CC(=O)Oc1ccc(C(=O)N2C(=O)C(=O)c3cc(C)ccc32)cc1. The van der Waals surface area contributed by atoms with E-state index in [9.17, 15) is 19.2 Å². The van der Waals surface area contributed by atoms with E-state index >= 15 is 0 Å². The molecule has 2 amide bonds. The summed E-state index contributed by atoms with van der Waals surface area (Å²) in [5, 5.41) is 0. The molecule has 0 aliphatic carbocycles. The number of aryl methyl sites for hydroxylation is 1. The van der Waals surface area contributed by atoms with Gasteiger partial charge in [0, 0.05) is 12.5 Å². The van der Waals surface area contributed by atoms with E-state index in [4.69, 9.17) is 4.74 Å². The maximum Gasteiger partial charge on any atom is 0.308 e. The van der Waals surface area contributed by atoms with Gasteiger partial charge in [-0.1, -0.05) is 11.6 Å². The summed E-state index contributed by atoms with van der Waals surface area (Å²) in [5.41, 5.74) is 1.55. The van der Waals surface area contributed by atoms with Gasteiger partial charge in [-0.3, -0.25) is 19.2 Å². The van der Waals surface area contributed by atoms with Crippen LogP contribution in [0.2, 0.25) is 0 Å². The first-order valence-corrected chi connectivity index (χ1v) is 7.20. The molecule has 2 aromatic carbocycles. The summed E-state index contributed by atoms with van der Waals surface area (Å²) >= 11 is 0. The summed E-state index contributed by atoms with van der Waals surface area (Å²) in [4.78, 5) is 48.7. The second-order valence-electron chi connectivity index (χ2n) is 5.41. The quantitative estimate of drug-likeness (QED) is 0.366. The van der Waals surface area contributed by atoms with Gasteiger partial charge in [0.05, 0.1) is 11.3 Å². The van der Waals surface area contributed by atoms with Gasteiger partial charge in [-0.15, -0.1) is 0 Å². The molecule has 0 saturated carbocycles. The van der Waals surface area contributed by atoms with Crippen molar-refractivity contribution in [1.82, 2.24) is 0 Å². The number of Topliss-reactive ketones (excluding diaryl/α,β-unsaturated/α-hetero) is 1. The zero-order valence-electron chi connectivity index (χ0n) is 13.0. The molecule has 1 heterocycles. The summed E-state index contributed by atoms with van der Waals surface area (Å²) in [6, 6.07) is 10.7. The molecule has 0 aromatic heterocycles. The number of imide groups is 1. The molecule has 0 atom stereocenters. The van der Waals surface area contributed by atoms with Gasteiger partial charge >= 0.3 is 11.9 Å². The number of anilines is 1. The fourth-order valence-corrected chi connectivity index (χ4v) is 2.52.